The minimum atomic E-state index is 0.00458. The molecule has 0 fully saturated rings. The molecule has 0 aromatic heterocycles. The molecule has 1 rings (SSSR count). The van der Waals surface area contributed by atoms with Crippen LogP contribution in [-0.2, 0) is 0 Å². The molecule has 0 amide bonds. The van der Waals surface area contributed by atoms with Gasteiger partial charge in [0.05, 0.1) is 10.7 Å². The molecule has 0 aliphatic heterocycles. The van der Waals surface area contributed by atoms with Crippen LogP contribution >= 0.6 is 28.1 Å². The summed E-state index contributed by atoms with van der Waals surface area (Å²) in [5.41, 5.74) is 1.03. The molecule has 0 saturated carbocycles. The molecule has 1 aromatic carbocycles. The fraction of sp³-hybridized carbons (Fsp3) is 0.364. The zero-order valence-electron chi connectivity index (χ0n) is 8.60. The van der Waals surface area contributed by atoms with Crippen LogP contribution in [0.3, 0.4) is 0 Å². The number of nitrogens with one attached hydrogen (secondary N) is 1. The summed E-state index contributed by atoms with van der Waals surface area (Å²) in [7, 11) is 0. The van der Waals surface area contributed by atoms with Gasteiger partial charge in [-0.3, -0.25) is 0 Å². The van der Waals surface area contributed by atoms with Crippen molar-refractivity contribution in [1.82, 2.24) is 0 Å². The van der Waals surface area contributed by atoms with Crippen molar-refractivity contribution in [3.63, 3.8) is 0 Å². The number of rotatable bonds is 1. The van der Waals surface area contributed by atoms with Gasteiger partial charge in [0, 0.05) is 9.89 Å². The number of benzene rings is 1. The van der Waals surface area contributed by atoms with Gasteiger partial charge >= 0.3 is 0 Å². The van der Waals surface area contributed by atoms with Gasteiger partial charge in [-0.1, -0.05) is 45.1 Å². The number of halogens is 1. The van der Waals surface area contributed by atoms with Crippen LogP contribution in [0, 0.1) is 5.41 Å². The molecule has 14 heavy (non-hydrogen) atoms. The molecule has 0 spiro atoms. The van der Waals surface area contributed by atoms with Crippen LogP contribution in [0.4, 0.5) is 5.69 Å². The van der Waals surface area contributed by atoms with Crippen LogP contribution in [0.15, 0.2) is 28.7 Å². The molecular formula is C11H14BrNS. The molecule has 0 unspecified atom stereocenters. The van der Waals surface area contributed by atoms with E-state index < -0.39 is 0 Å². The van der Waals surface area contributed by atoms with Gasteiger partial charge in [-0.2, -0.15) is 0 Å². The molecule has 0 heterocycles. The molecule has 0 aliphatic rings. The van der Waals surface area contributed by atoms with Gasteiger partial charge in [-0.05, 0) is 28.1 Å². The van der Waals surface area contributed by atoms with Crippen molar-refractivity contribution >= 4 is 38.8 Å². The standard InChI is InChI=1S/C11H14BrNS/c1-11(2,3)10(14)13-9-7-5-4-6-8(9)12/h4-7H,1-3H3,(H,13,14). The summed E-state index contributed by atoms with van der Waals surface area (Å²) in [6.45, 7) is 6.29. The van der Waals surface area contributed by atoms with Gasteiger partial charge < -0.3 is 5.32 Å². The fourth-order valence-corrected chi connectivity index (χ4v) is 1.37. The second kappa shape index (κ2) is 4.41. The second-order valence-electron chi connectivity index (χ2n) is 4.18. The lowest BCUT2D eigenvalue weighted by Gasteiger charge is -2.21. The van der Waals surface area contributed by atoms with E-state index in [0.29, 0.717) is 0 Å². The first kappa shape index (κ1) is 11.7. The Bertz CT molecular complexity index is 341. The number of hydrogen-bond acceptors (Lipinski definition) is 1. The molecule has 3 heteroatoms. The number of para-hydroxylation sites is 1. The quantitative estimate of drug-likeness (QED) is 0.768. The van der Waals surface area contributed by atoms with Crippen LogP contribution < -0.4 is 5.32 Å². The second-order valence-corrected chi connectivity index (χ2v) is 5.45. The van der Waals surface area contributed by atoms with E-state index in [4.69, 9.17) is 12.2 Å². The van der Waals surface area contributed by atoms with Crippen LogP contribution in [0.1, 0.15) is 20.8 Å². The average Bonchev–Trinajstić information content (AvgIpc) is 2.07. The topological polar surface area (TPSA) is 12.0 Å². The first-order valence-corrected chi connectivity index (χ1v) is 5.67. The summed E-state index contributed by atoms with van der Waals surface area (Å²) in [6.07, 6.45) is 0. The Morgan fingerprint density at radius 3 is 2.36 bits per heavy atom. The molecular weight excluding hydrogens is 258 g/mol. The third-order valence-corrected chi connectivity index (χ3v) is 3.21. The largest absolute Gasteiger partial charge is 0.349 e. The molecule has 0 aliphatic carbocycles. The predicted octanol–water partition coefficient (Wildman–Crippen LogP) is 4.23. The summed E-state index contributed by atoms with van der Waals surface area (Å²) in [5, 5.41) is 3.23. The SMILES string of the molecule is CC(C)(C)C(=S)Nc1ccccc1Br. The number of thiocarbonyl (C=S) groups is 1. The minimum absolute atomic E-state index is 0.00458. The first-order chi connectivity index (χ1) is 6.41. The van der Waals surface area contributed by atoms with Crippen molar-refractivity contribution < 1.29 is 0 Å². The van der Waals surface area contributed by atoms with E-state index in [1.165, 1.54) is 0 Å². The Morgan fingerprint density at radius 1 is 1.29 bits per heavy atom. The maximum atomic E-state index is 5.30. The highest BCUT2D eigenvalue weighted by Gasteiger charge is 2.17. The lowest BCUT2D eigenvalue weighted by Crippen LogP contribution is -2.25. The highest BCUT2D eigenvalue weighted by molar-refractivity contribution is 9.10. The number of hydrogen-bond donors (Lipinski definition) is 1. The monoisotopic (exact) mass is 271 g/mol. The lowest BCUT2D eigenvalue weighted by molar-refractivity contribution is 0.600. The van der Waals surface area contributed by atoms with E-state index in [-0.39, 0.29) is 5.41 Å². The Hall–Kier alpha value is -0.410. The molecule has 0 radical (unpaired) electrons. The van der Waals surface area contributed by atoms with Crippen molar-refractivity contribution in [2.45, 2.75) is 20.8 Å². The smallest absolute Gasteiger partial charge is 0.0851 e. The Kier molecular flexibility index (Phi) is 3.67. The predicted molar refractivity (Wildman–Crippen MR) is 69.8 cm³/mol. The molecule has 1 nitrogen and oxygen atoms in total. The molecule has 1 aromatic rings. The third kappa shape index (κ3) is 3.07. The maximum Gasteiger partial charge on any atom is 0.0851 e. The third-order valence-electron chi connectivity index (χ3n) is 1.80. The normalized spacial score (nSPS) is 11.1. The van der Waals surface area contributed by atoms with E-state index in [1.807, 2.05) is 24.3 Å². The van der Waals surface area contributed by atoms with Crippen molar-refractivity contribution in [1.29, 1.82) is 0 Å². The van der Waals surface area contributed by atoms with E-state index in [9.17, 15) is 0 Å². The highest BCUT2D eigenvalue weighted by Crippen LogP contribution is 2.24. The Labute approximate surface area is 99.0 Å². The van der Waals surface area contributed by atoms with Crippen LogP contribution in [0.25, 0.3) is 0 Å². The Balaban J connectivity index is 2.80. The zero-order valence-corrected chi connectivity index (χ0v) is 11.0. The summed E-state index contributed by atoms with van der Waals surface area (Å²) in [6, 6.07) is 7.96. The Morgan fingerprint density at radius 2 is 1.86 bits per heavy atom. The van der Waals surface area contributed by atoms with Crippen LogP contribution in [0.2, 0.25) is 0 Å². The van der Waals surface area contributed by atoms with Crippen molar-refractivity contribution in [3.05, 3.63) is 28.7 Å². The van der Waals surface area contributed by atoms with E-state index >= 15 is 0 Å². The fourth-order valence-electron chi connectivity index (χ4n) is 0.872. The summed E-state index contributed by atoms with van der Waals surface area (Å²) >= 11 is 8.77. The summed E-state index contributed by atoms with van der Waals surface area (Å²) in [5.74, 6) is 0. The summed E-state index contributed by atoms with van der Waals surface area (Å²) in [4.78, 5) is 0.851. The minimum Gasteiger partial charge on any atom is -0.349 e. The van der Waals surface area contributed by atoms with Gasteiger partial charge in [0.2, 0.25) is 0 Å². The first-order valence-electron chi connectivity index (χ1n) is 4.47. The lowest BCUT2D eigenvalue weighted by atomic mass is 9.96. The van der Waals surface area contributed by atoms with Crippen molar-refractivity contribution in [2.24, 2.45) is 5.41 Å². The zero-order chi connectivity index (χ0) is 10.8. The van der Waals surface area contributed by atoms with Crippen molar-refractivity contribution in [3.8, 4) is 0 Å². The molecule has 0 saturated heterocycles. The highest BCUT2D eigenvalue weighted by atomic mass is 79.9. The molecule has 76 valence electrons. The molecule has 0 atom stereocenters. The van der Waals surface area contributed by atoms with Gasteiger partial charge in [-0.25, -0.2) is 0 Å². The van der Waals surface area contributed by atoms with Gasteiger partial charge in [-0.15, -0.1) is 0 Å². The number of anilines is 1. The molecule has 0 bridgehead atoms. The maximum absolute atomic E-state index is 5.30. The molecule has 1 N–H and O–H groups in total. The average molecular weight is 272 g/mol. The van der Waals surface area contributed by atoms with E-state index in [2.05, 4.69) is 42.0 Å². The van der Waals surface area contributed by atoms with E-state index in [0.717, 1.165) is 15.1 Å². The van der Waals surface area contributed by atoms with Gasteiger partial charge in [0.25, 0.3) is 0 Å². The van der Waals surface area contributed by atoms with Crippen LogP contribution in [0.5, 0.6) is 0 Å². The van der Waals surface area contributed by atoms with Crippen LogP contribution in [-0.4, -0.2) is 4.99 Å². The van der Waals surface area contributed by atoms with Gasteiger partial charge in [0.1, 0.15) is 0 Å². The van der Waals surface area contributed by atoms with Crippen molar-refractivity contribution in [2.75, 3.05) is 5.32 Å². The van der Waals surface area contributed by atoms with E-state index in [1.54, 1.807) is 0 Å². The van der Waals surface area contributed by atoms with Gasteiger partial charge in [0.15, 0.2) is 0 Å². The summed E-state index contributed by atoms with van der Waals surface area (Å²) < 4.78 is 1.03.